The fraction of sp³-hybridized carbons (Fsp3) is 0.222. The minimum absolute atomic E-state index is 0.293. The molecule has 0 aromatic heterocycles. The van der Waals surface area contributed by atoms with E-state index in [4.69, 9.17) is 4.74 Å². The Labute approximate surface area is 133 Å². The second-order valence-corrected chi connectivity index (χ2v) is 5.69. The van der Waals surface area contributed by atoms with E-state index < -0.39 is 11.5 Å². The SMILES string of the molecule is COc1ccc2c(c1)[C@@](O)(CC(=O)c1ccc(C)cc1)C(=O)N2. The van der Waals surface area contributed by atoms with E-state index in [-0.39, 0.29) is 12.2 Å². The number of nitrogens with one attached hydrogen (secondary N) is 1. The van der Waals surface area contributed by atoms with E-state index in [0.717, 1.165) is 5.56 Å². The number of ether oxygens (including phenoxy) is 1. The van der Waals surface area contributed by atoms with Gasteiger partial charge in [-0.2, -0.15) is 0 Å². The molecule has 0 unspecified atom stereocenters. The van der Waals surface area contributed by atoms with Crippen LogP contribution in [-0.2, 0) is 10.4 Å². The van der Waals surface area contributed by atoms with Crippen LogP contribution in [0.3, 0.4) is 0 Å². The van der Waals surface area contributed by atoms with Crippen molar-refractivity contribution < 1.29 is 19.4 Å². The highest BCUT2D eigenvalue weighted by molar-refractivity contribution is 6.09. The van der Waals surface area contributed by atoms with Crippen LogP contribution in [0, 0.1) is 6.92 Å². The van der Waals surface area contributed by atoms with Crippen LogP contribution in [0.25, 0.3) is 0 Å². The summed E-state index contributed by atoms with van der Waals surface area (Å²) < 4.78 is 5.14. The number of anilines is 1. The Morgan fingerprint density at radius 2 is 1.91 bits per heavy atom. The average Bonchev–Trinajstić information content (AvgIpc) is 2.78. The number of aryl methyl sites for hydroxylation is 1. The third-order valence-corrected chi connectivity index (χ3v) is 4.09. The van der Waals surface area contributed by atoms with E-state index in [1.165, 1.54) is 7.11 Å². The molecule has 2 aromatic rings. The fourth-order valence-electron chi connectivity index (χ4n) is 2.70. The van der Waals surface area contributed by atoms with Gasteiger partial charge < -0.3 is 15.2 Å². The van der Waals surface area contributed by atoms with Crippen LogP contribution in [-0.4, -0.2) is 23.9 Å². The molecular weight excluding hydrogens is 294 g/mol. The van der Waals surface area contributed by atoms with Gasteiger partial charge in [0.05, 0.1) is 13.5 Å². The highest BCUT2D eigenvalue weighted by Crippen LogP contribution is 2.40. The van der Waals surface area contributed by atoms with Gasteiger partial charge in [0.1, 0.15) is 5.75 Å². The molecule has 0 fully saturated rings. The maximum atomic E-state index is 12.5. The minimum atomic E-state index is -1.88. The Hall–Kier alpha value is -2.66. The molecule has 23 heavy (non-hydrogen) atoms. The van der Waals surface area contributed by atoms with Crippen molar-refractivity contribution in [1.82, 2.24) is 0 Å². The van der Waals surface area contributed by atoms with Gasteiger partial charge in [-0.25, -0.2) is 0 Å². The zero-order chi connectivity index (χ0) is 16.6. The number of aliphatic hydroxyl groups is 1. The van der Waals surface area contributed by atoms with Crippen molar-refractivity contribution >= 4 is 17.4 Å². The number of fused-ring (bicyclic) bond motifs is 1. The van der Waals surface area contributed by atoms with Gasteiger partial charge in [-0.1, -0.05) is 29.8 Å². The van der Waals surface area contributed by atoms with Gasteiger partial charge in [0.2, 0.25) is 0 Å². The first-order valence-corrected chi connectivity index (χ1v) is 7.26. The van der Waals surface area contributed by atoms with Crippen molar-refractivity contribution in [3.63, 3.8) is 0 Å². The molecule has 1 aliphatic rings. The van der Waals surface area contributed by atoms with Crippen molar-refractivity contribution in [2.75, 3.05) is 12.4 Å². The molecule has 2 aromatic carbocycles. The first-order valence-electron chi connectivity index (χ1n) is 7.26. The molecule has 0 saturated carbocycles. The lowest BCUT2D eigenvalue weighted by Gasteiger charge is -2.20. The fourth-order valence-corrected chi connectivity index (χ4v) is 2.70. The lowest BCUT2D eigenvalue weighted by atomic mass is 9.88. The highest BCUT2D eigenvalue weighted by atomic mass is 16.5. The second-order valence-electron chi connectivity index (χ2n) is 5.69. The molecule has 1 heterocycles. The number of Topliss-reactive ketones (excluding diaryl/α,β-unsaturated/α-hetero) is 1. The molecular formula is C18H17NO4. The van der Waals surface area contributed by atoms with E-state index in [1.54, 1.807) is 30.3 Å². The molecule has 5 nitrogen and oxygen atoms in total. The first kappa shape index (κ1) is 15.2. The van der Waals surface area contributed by atoms with Crippen molar-refractivity contribution in [1.29, 1.82) is 0 Å². The first-order chi connectivity index (χ1) is 10.9. The Balaban J connectivity index is 1.94. The maximum absolute atomic E-state index is 12.5. The van der Waals surface area contributed by atoms with E-state index in [0.29, 0.717) is 22.6 Å². The molecule has 5 heteroatoms. The lowest BCUT2D eigenvalue weighted by Crippen LogP contribution is -2.36. The Morgan fingerprint density at radius 3 is 2.57 bits per heavy atom. The van der Waals surface area contributed by atoms with E-state index in [1.807, 2.05) is 19.1 Å². The predicted octanol–water partition coefficient (Wildman–Crippen LogP) is 2.42. The summed E-state index contributed by atoms with van der Waals surface area (Å²) in [6.07, 6.45) is -0.317. The number of methoxy groups -OCH3 is 1. The molecule has 0 aliphatic carbocycles. The smallest absolute Gasteiger partial charge is 0.261 e. The van der Waals surface area contributed by atoms with Crippen LogP contribution in [0.5, 0.6) is 5.75 Å². The van der Waals surface area contributed by atoms with Crippen molar-refractivity contribution in [2.24, 2.45) is 0 Å². The monoisotopic (exact) mass is 311 g/mol. The average molecular weight is 311 g/mol. The molecule has 1 amide bonds. The van der Waals surface area contributed by atoms with Crippen molar-refractivity contribution in [3.05, 3.63) is 59.2 Å². The van der Waals surface area contributed by atoms with Crippen molar-refractivity contribution in [3.8, 4) is 5.75 Å². The molecule has 118 valence electrons. The summed E-state index contributed by atoms with van der Waals surface area (Å²) in [5.41, 5.74) is 0.478. The summed E-state index contributed by atoms with van der Waals surface area (Å²) in [6.45, 7) is 1.93. The van der Waals surface area contributed by atoms with E-state index in [2.05, 4.69) is 5.32 Å². The number of benzene rings is 2. The number of ketones is 1. The number of carbonyl (C=O) groups is 2. The standard InChI is InChI=1S/C18H17NO4/c1-11-3-5-12(6-4-11)16(20)10-18(22)14-9-13(23-2)7-8-15(14)19-17(18)21/h3-9,22H,10H2,1-2H3,(H,19,21)/t18-/m0/s1. The van der Waals surface area contributed by atoms with Gasteiger partial charge in [-0.3, -0.25) is 9.59 Å². The third-order valence-electron chi connectivity index (χ3n) is 4.09. The number of rotatable bonds is 4. The molecule has 1 aliphatic heterocycles. The molecule has 0 saturated heterocycles. The molecule has 1 atom stereocenters. The van der Waals surface area contributed by atoms with Gasteiger partial charge in [0.15, 0.2) is 11.4 Å². The zero-order valence-electron chi connectivity index (χ0n) is 12.9. The molecule has 2 N–H and O–H groups in total. The highest BCUT2D eigenvalue weighted by Gasteiger charge is 2.47. The Kier molecular flexibility index (Phi) is 3.66. The normalized spacial score (nSPS) is 19.2. The number of amides is 1. The molecule has 0 radical (unpaired) electrons. The lowest BCUT2D eigenvalue weighted by molar-refractivity contribution is -0.133. The van der Waals surface area contributed by atoms with Crippen LogP contribution in [0.1, 0.15) is 27.9 Å². The third kappa shape index (κ3) is 2.59. The zero-order valence-corrected chi connectivity index (χ0v) is 12.9. The number of hydrogen-bond donors (Lipinski definition) is 2. The minimum Gasteiger partial charge on any atom is -0.497 e. The van der Waals surface area contributed by atoms with Gasteiger partial charge in [0, 0.05) is 16.8 Å². The van der Waals surface area contributed by atoms with Crippen LogP contribution in [0.15, 0.2) is 42.5 Å². The Bertz CT molecular complexity index is 782. The van der Waals surface area contributed by atoms with Crippen LogP contribution in [0.4, 0.5) is 5.69 Å². The van der Waals surface area contributed by atoms with Gasteiger partial charge in [-0.05, 0) is 25.1 Å². The van der Waals surface area contributed by atoms with E-state index in [9.17, 15) is 14.7 Å². The topological polar surface area (TPSA) is 75.6 Å². The number of hydrogen-bond acceptors (Lipinski definition) is 4. The van der Waals surface area contributed by atoms with Gasteiger partial charge in [-0.15, -0.1) is 0 Å². The molecule has 0 spiro atoms. The largest absolute Gasteiger partial charge is 0.497 e. The van der Waals surface area contributed by atoms with Crippen LogP contribution in [0.2, 0.25) is 0 Å². The summed E-state index contributed by atoms with van der Waals surface area (Å²) >= 11 is 0. The number of carbonyl (C=O) groups excluding carboxylic acids is 2. The Morgan fingerprint density at radius 1 is 1.22 bits per heavy atom. The molecule has 3 rings (SSSR count). The van der Waals surface area contributed by atoms with Gasteiger partial charge in [0.25, 0.3) is 5.91 Å². The van der Waals surface area contributed by atoms with Gasteiger partial charge >= 0.3 is 0 Å². The predicted molar refractivity (Wildman–Crippen MR) is 85.6 cm³/mol. The van der Waals surface area contributed by atoms with Crippen LogP contribution >= 0.6 is 0 Å². The summed E-state index contributed by atoms with van der Waals surface area (Å²) in [7, 11) is 1.50. The van der Waals surface area contributed by atoms with Crippen molar-refractivity contribution in [2.45, 2.75) is 18.9 Å². The quantitative estimate of drug-likeness (QED) is 0.850. The maximum Gasteiger partial charge on any atom is 0.261 e. The summed E-state index contributed by atoms with van der Waals surface area (Å²) in [5, 5.41) is 13.4. The van der Waals surface area contributed by atoms with E-state index >= 15 is 0 Å². The second kappa shape index (κ2) is 5.52. The van der Waals surface area contributed by atoms with Crippen LogP contribution < -0.4 is 10.1 Å². The summed E-state index contributed by atoms with van der Waals surface area (Å²) in [4.78, 5) is 24.7. The summed E-state index contributed by atoms with van der Waals surface area (Å²) in [6, 6.07) is 12.0. The molecule has 0 bridgehead atoms. The summed E-state index contributed by atoms with van der Waals surface area (Å²) in [5.74, 6) is -0.374.